The quantitative estimate of drug-likeness (QED) is 0.570. The number of carbonyl (C=O) groups excluding carboxylic acids is 1. The number of hydrogen-bond donors (Lipinski definition) is 2. The monoisotopic (exact) mass is 375 g/mol. The molecule has 140 valence electrons. The molecule has 0 bridgehead atoms. The van der Waals surface area contributed by atoms with Crippen molar-refractivity contribution in [2.75, 3.05) is 27.7 Å². The van der Waals surface area contributed by atoms with Crippen LogP contribution >= 0.6 is 11.3 Å². The average molecular weight is 375 g/mol. The predicted octanol–water partition coefficient (Wildman–Crippen LogP) is 1.78. The zero-order valence-electron chi connectivity index (χ0n) is 15.6. The van der Waals surface area contributed by atoms with Crippen LogP contribution in [0.1, 0.15) is 15.4 Å². The van der Waals surface area contributed by atoms with Crippen LogP contribution in [0.15, 0.2) is 35.5 Å². The first kappa shape index (κ1) is 19.7. The van der Waals surface area contributed by atoms with Crippen LogP contribution in [0.4, 0.5) is 0 Å². The summed E-state index contributed by atoms with van der Waals surface area (Å²) in [5, 5.41) is 7.52. The number of benzene rings is 1. The minimum atomic E-state index is -0.0736. The van der Waals surface area contributed by atoms with E-state index in [2.05, 4.69) is 20.6 Å². The molecule has 1 aromatic heterocycles. The number of nitrogens with one attached hydrogen (secondary N) is 2. The second-order valence-corrected chi connectivity index (χ2v) is 7.19. The van der Waals surface area contributed by atoms with E-state index in [0.717, 1.165) is 10.6 Å². The second-order valence-electron chi connectivity index (χ2n) is 5.87. The first-order chi connectivity index (χ1) is 12.5. The van der Waals surface area contributed by atoms with Gasteiger partial charge in [0, 0.05) is 38.8 Å². The van der Waals surface area contributed by atoms with Gasteiger partial charge >= 0.3 is 0 Å². The number of thiazole rings is 1. The maximum absolute atomic E-state index is 11.6. The number of aromatic nitrogens is 1. The van der Waals surface area contributed by atoms with E-state index < -0.39 is 0 Å². The van der Waals surface area contributed by atoms with Gasteiger partial charge in [0.05, 0.1) is 6.54 Å². The van der Waals surface area contributed by atoms with Crippen molar-refractivity contribution in [1.82, 2.24) is 20.5 Å². The van der Waals surface area contributed by atoms with Gasteiger partial charge < -0.3 is 20.3 Å². The number of aryl methyl sites for hydroxylation is 1. The highest BCUT2D eigenvalue weighted by Gasteiger charge is 2.06. The van der Waals surface area contributed by atoms with Crippen LogP contribution in [0, 0.1) is 6.92 Å². The minimum absolute atomic E-state index is 0.0281. The Hall–Kier alpha value is -2.61. The molecule has 0 aliphatic heterocycles. The van der Waals surface area contributed by atoms with Crippen molar-refractivity contribution in [2.45, 2.75) is 20.0 Å². The third-order valence-corrected chi connectivity index (χ3v) is 4.43. The van der Waals surface area contributed by atoms with Gasteiger partial charge in [-0.25, -0.2) is 4.98 Å². The van der Waals surface area contributed by atoms with Gasteiger partial charge in [-0.1, -0.05) is 12.1 Å². The predicted molar refractivity (Wildman–Crippen MR) is 105 cm³/mol. The standard InChI is InChI=1S/C18H25N5O2S/c1-13-9-20-16(26-13)11-22-18(19-2)21-10-14-6-5-7-15(8-14)25-12-17(24)23(3)4/h5-9H,10-12H2,1-4H3,(H2,19,21,22). The fourth-order valence-corrected chi connectivity index (χ4v) is 2.80. The maximum atomic E-state index is 11.6. The van der Waals surface area contributed by atoms with E-state index in [4.69, 9.17) is 4.74 Å². The lowest BCUT2D eigenvalue weighted by Gasteiger charge is -2.13. The summed E-state index contributed by atoms with van der Waals surface area (Å²) in [5.41, 5.74) is 1.04. The summed E-state index contributed by atoms with van der Waals surface area (Å²) in [6.07, 6.45) is 1.87. The zero-order chi connectivity index (χ0) is 18.9. The Labute approximate surface area is 158 Å². The number of amides is 1. The van der Waals surface area contributed by atoms with Gasteiger partial charge in [0.1, 0.15) is 10.8 Å². The lowest BCUT2D eigenvalue weighted by molar-refractivity contribution is -0.130. The molecule has 1 aromatic carbocycles. The van der Waals surface area contributed by atoms with Gasteiger partial charge in [0.2, 0.25) is 0 Å². The number of hydrogen-bond acceptors (Lipinski definition) is 5. The van der Waals surface area contributed by atoms with E-state index in [9.17, 15) is 4.79 Å². The summed E-state index contributed by atoms with van der Waals surface area (Å²) in [4.78, 5) is 22.8. The molecule has 0 unspecified atom stereocenters. The highest BCUT2D eigenvalue weighted by molar-refractivity contribution is 7.11. The SMILES string of the molecule is CN=C(NCc1cccc(OCC(=O)N(C)C)c1)NCc1ncc(C)s1. The Balaban J connectivity index is 1.83. The smallest absolute Gasteiger partial charge is 0.259 e. The number of aliphatic imine (C=N–C) groups is 1. The van der Waals surface area contributed by atoms with Crippen LogP contribution < -0.4 is 15.4 Å². The molecule has 2 aromatic rings. The van der Waals surface area contributed by atoms with Crippen molar-refractivity contribution in [3.8, 4) is 5.75 Å². The van der Waals surface area contributed by atoms with Crippen molar-refractivity contribution in [1.29, 1.82) is 0 Å². The number of nitrogens with zero attached hydrogens (tertiary/aromatic N) is 3. The van der Waals surface area contributed by atoms with Crippen molar-refractivity contribution in [2.24, 2.45) is 4.99 Å². The number of rotatable bonds is 7. The summed E-state index contributed by atoms with van der Waals surface area (Å²) in [5.74, 6) is 1.29. The van der Waals surface area contributed by atoms with Crippen LogP contribution in [0.5, 0.6) is 5.75 Å². The molecule has 2 N–H and O–H groups in total. The molecule has 0 spiro atoms. The molecule has 0 saturated carbocycles. The van der Waals surface area contributed by atoms with Crippen LogP contribution in [0.25, 0.3) is 0 Å². The van der Waals surface area contributed by atoms with Crippen LogP contribution in [-0.4, -0.2) is 49.5 Å². The van der Waals surface area contributed by atoms with Crippen LogP contribution in [0.2, 0.25) is 0 Å². The Bertz CT molecular complexity index is 758. The summed E-state index contributed by atoms with van der Waals surface area (Å²) < 4.78 is 5.54. The molecule has 1 heterocycles. The molecule has 0 aliphatic carbocycles. The van der Waals surface area contributed by atoms with Crippen LogP contribution in [0.3, 0.4) is 0 Å². The zero-order valence-corrected chi connectivity index (χ0v) is 16.4. The number of guanidine groups is 1. The van der Waals surface area contributed by atoms with Gasteiger partial charge in [-0.15, -0.1) is 11.3 Å². The molecular weight excluding hydrogens is 350 g/mol. The molecule has 26 heavy (non-hydrogen) atoms. The van der Waals surface area contributed by atoms with Gasteiger partial charge in [0.15, 0.2) is 12.6 Å². The molecule has 0 saturated heterocycles. The fraction of sp³-hybridized carbons (Fsp3) is 0.389. The molecular formula is C18H25N5O2S. The van der Waals surface area contributed by atoms with E-state index in [1.165, 1.54) is 9.78 Å². The lowest BCUT2D eigenvalue weighted by Crippen LogP contribution is -2.36. The van der Waals surface area contributed by atoms with E-state index in [1.807, 2.05) is 37.4 Å². The molecule has 8 heteroatoms. The first-order valence-corrected chi connectivity index (χ1v) is 9.07. The van der Waals surface area contributed by atoms with E-state index in [1.54, 1.807) is 32.5 Å². The molecule has 0 aliphatic rings. The summed E-state index contributed by atoms with van der Waals surface area (Å²) in [7, 11) is 5.14. The minimum Gasteiger partial charge on any atom is -0.484 e. The topological polar surface area (TPSA) is 78.9 Å². The maximum Gasteiger partial charge on any atom is 0.259 e. The molecule has 0 radical (unpaired) electrons. The van der Waals surface area contributed by atoms with Crippen molar-refractivity contribution >= 4 is 23.2 Å². The van der Waals surface area contributed by atoms with Crippen molar-refractivity contribution < 1.29 is 9.53 Å². The van der Waals surface area contributed by atoms with E-state index >= 15 is 0 Å². The Morgan fingerprint density at radius 1 is 1.31 bits per heavy atom. The van der Waals surface area contributed by atoms with Crippen molar-refractivity contribution in [3.05, 3.63) is 45.9 Å². The van der Waals surface area contributed by atoms with Crippen molar-refractivity contribution in [3.63, 3.8) is 0 Å². The third-order valence-electron chi connectivity index (χ3n) is 3.52. The molecule has 2 rings (SSSR count). The van der Waals surface area contributed by atoms with E-state index in [0.29, 0.717) is 24.8 Å². The fourth-order valence-electron chi connectivity index (χ4n) is 2.07. The second kappa shape index (κ2) is 9.76. The highest BCUT2D eigenvalue weighted by Crippen LogP contribution is 2.13. The van der Waals surface area contributed by atoms with Gasteiger partial charge in [-0.2, -0.15) is 0 Å². The average Bonchev–Trinajstić information content (AvgIpc) is 3.05. The highest BCUT2D eigenvalue weighted by atomic mass is 32.1. The molecule has 0 atom stereocenters. The van der Waals surface area contributed by atoms with E-state index in [-0.39, 0.29) is 12.5 Å². The number of carbonyl (C=O) groups is 1. The normalized spacial score (nSPS) is 11.2. The first-order valence-electron chi connectivity index (χ1n) is 8.25. The summed E-state index contributed by atoms with van der Waals surface area (Å²) in [6.45, 7) is 3.29. The van der Waals surface area contributed by atoms with Gasteiger partial charge in [0.25, 0.3) is 5.91 Å². The lowest BCUT2D eigenvalue weighted by atomic mass is 10.2. The molecule has 7 nitrogen and oxygen atoms in total. The Morgan fingerprint density at radius 3 is 2.73 bits per heavy atom. The largest absolute Gasteiger partial charge is 0.484 e. The third kappa shape index (κ3) is 6.36. The molecule has 1 amide bonds. The number of ether oxygens (including phenoxy) is 1. The Morgan fingerprint density at radius 2 is 2.08 bits per heavy atom. The van der Waals surface area contributed by atoms with Gasteiger partial charge in [-0.05, 0) is 24.6 Å². The summed E-state index contributed by atoms with van der Waals surface area (Å²) in [6, 6.07) is 7.64. The molecule has 0 fully saturated rings. The summed E-state index contributed by atoms with van der Waals surface area (Å²) >= 11 is 1.66. The Kier molecular flexibility index (Phi) is 7.40. The van der Waals surface area contributed by atoms with Crippen LogP contribution in [-0.2, 0) is 17.9 Å². The van der Waals surface area contributed by atoms with Gasteiger partial charge in [-0.3, -0.25) is 9.79 Å². The number of likely N-dealkylation sites (N-methyl/N-ethyl adjacent to an activating group) is 1.